The number of halogens is 2. The summed E-state index contributed by atoms with van der Waals surface area (Å²) < 4.78 is 51.2. The van der Waals surface area contributed by atoms with Gasteiger partial charge in [-0.1, -0.05) is 20.0 Å². The number of anilines is 1. The third-order valence-electron chi connectivity index (χ3n) is 7.13. The summed E-state index contributed by atoms with van der Waals surface area (Å²) in [6.07, 6.45) is 5.12. The smallest absolute Gasteiger partial charge is 0.319 e. The van der Waals surface area contributed by atoms with Crippen LogP contribution in [-0.4, -0.2) is 60.5 Å². The molecule has 2 amide bonds. The van der Waals surface area contributed by atoms with Gasteiger partial charge < -0.3 is 29.4 Å². The molecule has 4 heterocycles. The van der Waals surface area contributed by atoms with Crippen molar-refractivity contribution >= 4 is 31.5 Å². The molecule has 0 aliphatic carbocycles. The molecule has 224 valence electrons. The van der Waals surface area contributed by atoms with E-state index in [2.05, 4.69) is 33.8 Å². The lowest BCUT2D eigenvalue weighted by Gasteiger charge is -2.37. The molecule has 1 fully saturated rings. The van der Waals surface area contributed by atoms with Crippen LogP contribution in [-0.2, 0) is 22.7 Å². The maximum absolute atomic E-state index is 15.2. The Morgan fingerprint density at radius 2 is 1.95 bits per heavy atom. The largest absolute Gasteiger partial charge is 0.450 e. The Bertz CT molecular complexity index is 1550. The van der Waals surface area contributed by atoms with E-state index >= 15 is 8.78 Å². The summed E-state index contributed by atoms with van der Waals surface area (Å²) in [4.78, 5) is 16.9. The maximum Gasteiger partial charge on any atom is 0.319 e. The highest BCUT2D eigenvalue weighted by molar-refractivity contribution is 6.55. The van der Waals surface area contributed by atoms with Gasteiger partial charge in [-0.05, 0) is 25.1 Å². The van der Waals surface area contributed by atoms with Crippen molar-refractivity contribution in [2.24, 2.45) is 5.41 Å². The van der Waals surface area contributed by atoms with Gasteiger partial charge in [0.05, 0.1) is 24.3 Å². The van der Waals surface area contributed by atoms with Crippen molar-refractivity contribution in [1.29, 1.82) is 0 Å². The fourth-order valence-electron chi connectivity index (χ4n) is 4.72. The molecule has 1 aliphatic heterocycles. The Kier molecular flexibility index (Phi) is 8.90. The van der Waals surface area contributed by atoms with Crippen molar-refractivity contribution < 1.29 is 27.8 Å². The van der Waals surface area contributed by atoms with Crippen LogP contribution in [0.1, 0.15) is 13.8 Å². The molecular weight excluding hydrogens is 562 g/mol. The normalized spacial score (nSPS) is 14.3. The number of aryl methyl sites for hydroxylation is 1. The molecule has 1 aliphatic rings. The predicted molar refractivity (Wildman–Crippen MR) is 159 cm³/mol. The number of rotatable bonds is 12. The van der Waals surface area contributed by atoms with Crippen molar-refractivity contribution in [3.8, 4) is 22.8 Å². The van der Waals surface area contributed by atoms with E-state index in [9.17, 15) is 4.79 Å². The number of carbonyl (C=O) groups excluding carboxylic acids is 1. The van der Waals surface area contributed by atoms with E-state index in [1.165, 1.54) is 6.20 Å². The van der Waals surface area contributed by atoms with Crippen molar-refractivity contribution in [3.63, 3.8) is 0 Å². The zero-order valence-electron chi connectivity index (χ0n) is 24.2. The summed E-state index contributed by atoms with van der Waals surface area (Å²) in [6, 6.07) is 5.97. The van der Waals surface area contributed by atoms with Gasteiger partial charge in [0.25, 0.3) is 0 Å². The third-order valence-corrected chi connectivity index (χ3v) is 8.52. The van der Waals surface area contributed by atoms with Gasteiger partial charge in [0, 0.05) is 75.9 Å². The standard InChI is InChI=1S/C29H36F2N6O4Si/c1-5-37-23(6-9-34-37)20-14-36(18-39-10-11-42(3)4)27-25(20)24(7-8-32-27)41-26-21(30)12-19(13-22(26)31)35-28(38)33-15-29(2)16-40-17-29/h6-9,12-14,42H,5,10-11,15-18H2,1-4H3,(H2,33,35,38). The Hall–Kier alpha value is -3.81. The highest BCUT2D eigenvalue weighted by Crippen LogP contribution is 2.39. The summed E-state index contributed by atoms with van der Waals surface area (Å²) >= 11 is 0. The molecule has 1 saturated heterocycles. The van der Waals surface area contributed by atoms with Gasteiger partial charge in [-0.3, -0.25) is 4.68 Å². The summed E-state index contributed by atoms with van der Waals surface area (Å²) in [7, 11) is -0.756. The van der Waals surface area contributed by atoms with Gasteiger partial charge in [0.2, 0.25) is 0 Å². The van der Waals surface area contributed by atoms with Gasteiger partial charge in [-0.15, -0.1) is 0 Å². The van der Waals surface area contributed by atoms with E-state index in [-0.39, 0.29) is 23.6 Å². The number of ether oxygens (including phenoxy) is 3. The molecule has 0 bridgehead atoms. The van der Waals surface area contributed by atoms with Crippen LogP contribution < -0.4 is 15.4 Å². The lowest BCUT2D eigenvalue weighted by atomic mass is 9.89. The molecule has 4 aromatic rings. The zero-order valence-corrected chi connectivity index (χ0v) is 25.4. The number of carbonyl (C=O) groups is 1. The number of pyridine rings is 1. The van der Waals surface area contributed by atoms with E-state index in [1.807, 2.05) is 35.4 Å². The predicted octanol–water partition coefficient (Wildman–Crippen LogP) is 5.61. The molecule has 10 nitrogen and oxygen atoms in total. The second-order valence-electron chi connectivity index (χ2n) is 11.3. The highest BCUT2D eigenvalue weighted by Gasteiger charge is 2.33. The Labute approximate surface area is 244 Å². The number of amides is 2. The Balaban J connectivity index is 1.42. The van der Waals surface area contributed by atoms with Crippen LogP contribution in [0.25, 0.3) is 22.3 Å². The quantitative estimate of drug-likeness (QED) is 0.162. The zero-order chi connectivity index (χ0) is 29.9. The minimum atomic E-state index is -0.963. The fraction of sp³-hybridized carbons (Fsp3) is 0.414. The molecule has 13 heteroatoms. The number of nitrogens with one attached hydrogen (secondary N) is 2. The lowest BCUT2D eigenvalue weighted by molar-refractivity contribution is -0.0974. The molecule has 0 radical (unpaired) electrons. The van der Waals surface area contributed by atoms with E-state index in [4.69, 9.17) is 14.2 Å². The number of nitrogens with zero attached hydrogens (tertiary/aromatic N) is 4. The summed E-state index contributed by atoms with van der Waals surface area (Å²) in [5.41, 5.74) is 1.92. The fourth-order valence-corrected chi connectivity index (χ4v) is 5.36. The van der Waals surface area contributed by atoms with Gasteiger partial charge in [0.1, 0.15) is 18.1 Å². The minimum absolute atomic E-state index is 0.0370. The van der Waals surface area contributed by atoms with Crippen LogP contribution in [0, 0.1) is 17.0 Å². The number of benzene rings is 1. The first-order chi connectivity index (χ1) is 20.2. The van der Waals surface area contributed by atoms with Crippen molar-refractivity contribution in [2.45, 2.75) is 46.3 Å². The maximum atomic E-state index is 15.2. The Morgan fingerprint density at radius 1 is 1.19 bits per heavy atom. The first kappa shape index (κ1) is 29.7. The first-order valence-corrected chi connectivity index (χ1v) is 17.2. The second kappa shape index (κ2) is 12.6. The second-order valence-corrected chi connectivity index (χ2v) is 14.6. The van der Waals surface area contributed by atoms with E-state index < -0.39 is 32.2 Å². The van der Waals surface area contributed by atoms with Gasteiger partial charge in [-0.2, -0.15) is 5.10 Å². The van der Waals surface area contributed by atoms with Gasteiger partial charge >= 0.3 is 6.03 Å². The van der Waals surface area contributed by atoms with E-state index in [0.717, 1.165) is 29.4 Å². The van der Waals surface area contributed by atoms with Crippen molar-refractivity contribution in [3.05, 3.63) is 54.5 Å². The molecule has 0 saturated carbocycles. The topological polar surface area (TPSA) is 104 Å². The third kappa shape index (κ3) is 6.47. The molecule has 3 aromatic heterocycles. The average Bonchev–Trinajstić information content (AvgIpc) is 3.55. The molecule has 0 unspecified atom stereocenters. The minimum Gasteiger partial charge on any atom is -0.450 e. The van der Waals surface area contributed by atoms with E-state index in [0.29, 0.717) is 43.9 Å². The lowest BCUT2D eigenvalue weighted by Crippen LogP contribution is -2.49. The van der Waals surface area contributed by atoms with Crippen LogP contribution in [0.15, 0.2) is 42.9 Å². The SMILES string of the molecule is CCn1nccc1-c1cn(COCC[SiH](C)C)c2nccc(Oc3c(F)cc(NC(=O)NCC4(C)COC4)cc3F)c12. The van der Waals surface area contributed by atoms with Gasteiger partial charge in [0.15, 0.2) is 17.4 Å². The van der Waals surface area contributed by atoms with E-state index in [1.54, 1.807) is 12.3 Å². The summed E-state index contributed by atoms with van der Waals surface area (Å²) in [6.45, 7) is 11.5. The number of hydrogen-bond acceptors (Lipinski definition) is 6. The summed E-state index contributed by atoms with van der Waals surface area (Å²) in [5.74, 6) is -2.29. The number of fused-ring (bicyclic) bond motifs is 1. The van der Waals surface area contributed by atoms with Gasteiger partial charge in [-0.25, -0.2) is 18.6 Å². The number of urea groups is 1. The van der Waals surface area contributed by atoms with Crippen molar-refractivity contribution in [1.82, 2.24) is 24.6 Å². The molecule has 42 heavy (non-hydrogen) atoms. The highest BCUT2D eigenvalue weighted by atomic mass is 28.3. The van der Waals surface area contributed by atoms with Crippen LogP contribution in [0.3, 0.4) is 0 Å². The van der Waals surface area contributed by atoms with Crippen LogP contribution >= 0.6 is 0 Å². The average molecular weight is 599 g/mol. The molecular formula is C29H36F2N6O4Si. The van der Waals surface area contributed by atoms with Crippen molar-refractivity contribution in [2.75, 3.05) is 31.7 Å². The van der Waals surface area contributed by atoms with Crippen LogP contribution in [0.5, 0.6) is 11.5 Å². The molecule has 1 aromatic carbocycles. The first-order valence-electron chi connectivity index (χ1n) is 14.0. The number of hydrogen-bond donors (Lipinski definition) is 2. The van der Waals surface area contributed by atoms with Crippen LogP contribution in [0.2, 0.25) is 19.1 Å². The molecule has 0 atom stereocenters. The van der Waals surface area contributed by atoms with Crippen LogP contribution in [0.4, 0.5) is 19.3 Å². The monoisotopic (exact) mass is 598 g/mol. The molecule has 0 spiro atoms. The Morgan fingerprint density at radius 3 is 2.62 bits per heavy atom. The summed E-state index contributed by atoms with van der Waals surface area (Å²) in [5, 5.41) is 10.1. The molecule has 2 N–H and O–H groups in total. The molecule has 5 rings (SSSR count). The number of aromatic nitrogens is 4.